The van der Waals surface area contributed by atoms with Crippen molar-refractivity contribution in [1.29, 1.82) is 0 Å². The number of hydrogen-bond acceptors (Lipinski definition) is 5. The lowest BCUT2D eigenvalue weighted by molar-refractivity contribution is 0.0689. The van der Waals surface area contributed by atoms with Crippen molar-refractivity contribution >= 4 is 23.2 Å². The van der Waals surface area contributed by atoms with Crippen LogP contribution < -0.4 is 5.32 Å². The second-order valence-corrected chi connectivity index (χ2v) is 5.27. The average Bonchev–Trinajstić information content (AvgIpc) is 2.95. The zero-order chi connectivity index (χ0) is 15.2. The monoisotopic (exact) mass is 305 g/mol. The van der Waals surface area contributed by atoms with Gasteiger partial charge in [-0.25, -0.2) is 14.8 Å². The predicted molar refractivity (Wildman–Crippen MR) is 78.7 cm³/mol. The second-order valence-electron chi connectivity index (χ2n) is 4.33. The summed E-state index contributed by atoms with van der Waals surface area (Å²) in [6, 6.07) is 2.76. The van der Waals surface area contributed by atoms with Crippen LogP contribution in [0.15, 0.2) is 23.7 Å². The summed E-state index contributed by atoms with van der Waals surface area (Å²) in [4.78, 5) is 30.7. The molecular formula is C14H15N3O3S. The van der Waals surface area contributed by atoms with Crippen LogP contribution in [-0.2, 0) is 12.8 Å². The highest BCUT2D eigenvalue weighted by molar-refractivity contribution is 7.09. The van der Waals surface area contributed by atoms with E-state index in [2.05, 4.69) is 22.2 Å². The summed E-state index contributed by atoms with van der Waals surface area (Å²) in [6.45, 7) is 2.53. The van der Waals surface area contributed by atoms with Gasteiger partial charge in [-0.3, -0.25) is 4.79 Å². The van der Waals surface area contributed by atoms with Gasteiger partial charge in [-0.05, 0) is 18.6 Å². The molecule has 2 aromatic rings. The third-order valence-corrected chi connectivity index (χ3v) is 3.86. The average molecular weight is 305 g/mol. The highest BCUT2D eigenvalue weighted by atomic mass is 32.1. The highest BCUT2D eigenvalue weighted by Gasteiger charge is 2.09. The SMILES string of the molecule is CCc1nc(CCNC(=O)c2ccc(C(=O)O)nc2)cs1. The lowest BCUT2D eigenvalue weighted by atomic mass is 10.2. The first kappa shape index (κ1) is 15.1. The summed E-state index contributed by atoms with van der Waals surface area (Å²) in [5.74, 6) is -1.39. The Balaban J connectivity index is 1.85. The number of aryl methyl sites for hydroxylation is 1. The van der Waals surface area contributed by atoms with E-state index in [1.54, 1.807) is 11.3 Å². The minimum absolute atomic E-state index is 0.0823. The first-order valence-electron chi connectivity index (χ1n) is 6.51. The van der Waals surface area contributed by atoms with Crippen molar-refractivity contribution in [2.24, 2.45) is 0 Å². The maximum atomic E-state index is 11.9. The molecule has 110 valence electrons. The summed E-state index contributed by atoms with van der Waals surface area (Å²) in [6.07, 6.45) is 2.85. The van der Waals surface area contributed by atoms with Crippen molar-refractivity contribution in [2.75, 3.05) is 6.54 Å². The van der Waals surface area contributed by atoms with E-state index in [-0.39, 0.29) is 11.6 Å². The molecule has 7 heteroatoms. The number of thiazole rings is 1. The molecule has 0 spiro atoms. The molecule has 6 nitrogen and oxygen atoms in total. The number of pyridine rings is 1. The number of aromatic carboxylic acids is 1. The predicted octanol–water partition coefficient (Wildman–Crippen LogP) is 1.77. The summed E-state index contributed by atoms with van der Waals surface area (Å²) >= 11 is 1.62. The molecule has 2 rings (SSSR count). The van der Waals surface area contributed by atoms with Gasteiger partial charge < -0.3 is 10.4 Å². The molecule has 0 unspecified atom stereocenters. The van der Waals surface area contributed by atoms with Crippen LogP contribution in [0.3, 0.4) is 0 Å². The number of nitrogens with zero attached hydrogens (tertiary/aromatic N) is 2. The zero-order valence-corrected chi connectivity index (χ0v) is 12.3. The standard InChI is InChI=1S/C14H15N3O3S/c1-2-12-17-10(8-21-12)5-6-15-13(18)9-3-4-11(14(19)20)16-7-9/h3-4,7-8H,2,5-6H2,1H3,(H,15,18)(H,19,20). The molecule has 21 heavy (non-hydrogen) atoms. The largest absolute Gasteiger partial charge is 0.477 e. The molecule has 0 saturated heterocycles. The third-order valence-electron chi connectivity index (χ3n) is 2.81. The van der Waals surface area contributed by atoms with E-state index in [1.807, 2.05) is 5.38 Å². The number of carboxylic acid groups (broad SMARTS) is 1. The van der Waals surface area contributed by atoms with Crippen molar-refractivity contribution in [3.63, 3.8) is 0 Å². The van der Waals surface area contributed by atoms with Crippen molar-refractivity contribution < 1.29 is 14.7 Å². The van der Waals surface area contributed by atoms with E-state index in [0.717, 1.165) is 17.1 Å². The second kappa shape index (κ2) is 6.94. The molecule has 0 aliphatic heterocycles. The zero-order valence-electron chi connectivity index (χ0n) is 11.5. The lowest BCUT2D eigenvalue weighted by Crippen LogP contribution is -2.26. The Kier molecular flexibility index (Phi) is 4.99. The van der Waals surface area contributed by atoms with Crippen LogP contribution >= 0.6 is 11.3 Å². The van der Waals surface area contributed by atoms with Gasteiger partial charge >= 0.3 is 5.97 Å². The van der Waals surface area contributed by atoms with Crippen LogP contribution in [0, 0.1) is 0 Å². The fourth-order valence-corrected chi connectivity index (χ4v) is 2.47. The number of rotatable bonds is 6. The molecule has 0 fully saturated rings. The topological polar surface area (TPSA) is 92.2 Å². The summed E-state index contributed by atoms with van der Waals surface area (Å²) in [7, 11) is 0. The Labute approximate surface area is 125 Å². The molecule has 0 aromatic carbocycles. The number of amides is 1. The highest BCUT2D eigenvalue weighted by Crippen LogP contribution is 2.10. The molecule has 0 bridgehead atoms. The number of carboxylic acids is 1. The maximum Gasteiger partial charge on any atom is 0.354 e. The van der Waals surface area contributed by atoms with Crippen LogP contribution in [0.5, 0.6) is 0 Å². The lowest BCUT2D eigenvalue weighted by Gasteiger charge is -2.04. The number of aromatic nitrogens is 2. The summed E-state index contributed by atoms with van der Waals surface area (Å²) in [5, 5.41) is 14.6. The van der Waals surface area contributed by atoms with Gasteiger partial charge in [-0.2, -0.15) is 0 Å². The third kappa shape index (κ3) is 4.09. The molecule has 2 aromatic heterocycles. The molecule has 0 atom stereocenters. The minimum atomic E-state index is -1.11. The van der Waals surface area contributed by atoms with Gasteiger partial charge in [-0.15, -0.1) is 11.3 Å². The van der Waals surface area contributed by atoms with Crippen molar-refractivity contribution in [3.05, 3.63) is 45.7 Å². The molecule has 2 heterocycles. The van der Waals surface area contributed by atoms with E-state index in [1.165, 1.54) is 18.3 Å². The number of carbonyl (C=O) groups is 2. The smallest absolute Gasteiger partial charge is 0.354 e. The molecule has 1 amide bonds. The van der Waals surface area contributed by atoms with Crippen molar-refractivity contribution in [2.45, 2.75) is 19.8 Å². The Morgan fingerprint density at radius 2 is 2.19 bits per heavy atom. The molecule has 0 saturated carbocycles. The van der Waals surface area contributed by atoms with Gasteiger partial charge in [0.05, 0.1) is 16.3 Å². The Morgan fingerprint density at radius 1 is 1.38 bits per heavy atom. The molecule has 0 aliphatic carbocycles. The van der Waals surface area contributed by atoms with Crippen LogP contribution in [0.1, 0.15) is 38.5 Å². The number of nitrogens with one attached hydrogen (secondary N) is 1. The molecule has 0 aliphatic rings. The molecule has 0 radical (unpaired) electrons. The van der Waals surface area contributed by atoms with Crippen molar-refractivity contribution in [1.82, 2.24) is 15.3 Å². The van der Waals surface area contributed by atoms with Gasteiger partial charge in [-0.1, -0.05) is 6.92 Å². The molecular weight excluding hydrogens is 290 g/mol. The van der Waals surface area contributed by atoms with Crippen molar-refractivity contribution in [3.8, 4) is 0 Å². The normalized spacial score (nSPS) is 10.3. The quantitative estimate of drug-likeness (QED) is 0.848. The van der Waals surface area contributed by atoms with E-state index in [0.29, 0.717) is 18.5 Å². The fourth-order valence-electron chi connectivity index (χ4n) is 1.69. The number of hydrogen-bond donors (Lipinski definition) is 2. The van der Waals surface area contributed by atoms with Crippen LogP contribution in [0.2, 0.25) is 0 Å². The Morgan fingerprint density at radius 3 is 2.76 bits per heavy atom. The van der Waals surface area contributed by atoms with E-state index < -0.39 is 5.97 Å². The van der Waals surface area contributed by atoms with Gasteiger partial charge in [0, 0.05) is 24.5 Å². The number of carbonyl (C=O) groups excluding carboxylic acids is 1. The maximum absolute atomic E-state index is 11.9. The van der Waals surface area contributed by atoms with E-state index in [9.17, 15) is 9.59 Å². The fraction of sp³-hybridized carbons (Fsp3) is 0.286. The van der Waals surface area contributed by atoms with Gasteiger partial charge in [0.15, 0.2) is 0 Å². The van der Waals surface area contributed by atoms with Gasteiger partial charge in [0.25, 0.3) is 5.91 Å². The van der Waals surface area contributed by atoms with Crippen LogP contribution in [0.25, 0.3) is 0 Å². The minimum Gasteiger partial charge on any atom is -0.477 e. The molecule has 2 N–H and O–H groups in total. The first-order chi connectivity index (χ1) is 10.1. The Hall–Kier alpha value is -2.28. The van der Waals surface area contributed by atoms with E-state index in [4.69, 9.17) is 5.11 Å². The first-order valence-corrected chi connectivity index (χ1v) is 7.39. The summed E-state index contributed by atoms with van der Waals surface area (Å²) in [5.41, 5.74) is 1.23. The van der Waals surface area contributed by atoms with E-state index >= 15 is 0 Å². The van der Waals surface area contributed by atoms with Crippen LogP contribution in [-0.4, -0.2) is 33.5 Å². The van der Waals surface area contributed by atoms with Gasteiger partial charge in [0.2, 0.25) is 0 Å². The van der Waals surface area contributed by atoms with Crippen LogP contribution in [0.4, 0.5) is 0 Å². The van der Waals surface area contributed by atoms with Gasteiger partial charge in [0.1, 0.15) is 5.69 Å². The summed E-state index contributed by atoms with van der Waals surface area (Å²) < 4.78 is 0. The Bertz CT molecular complexity index is 637.